The normalized spacial score (nSPS) is 10.7. The topological polar surface area (TPSA) is 48.0 Å². The Morgan fingerprint density at radius 1 is 1.69 bits per heavy atom. The van der Waals surface area contributed by atoms with Crippen LogP contribution >= 0.6 is 27.5 Å². The van der Waals surface area contributed by atoms with Crippen molar-refractivity contribution in [3.63, 3.8) is 0 Å². The fraction of sp³-hybridized carbons (Fsp3) is 0.200. The van der Waals surface area contributed by atoms with E-state index in [2.05, 4.69) is 21.0 Å². The Hall–Kier alpha value is -1.07. The molecular weight excluding hydrogens is 295 g/mol. The largest absolute Gasteiger partial charge is 0.457 e. The van der Waals surface area contributed by atoms with Gasteiger partial charge < -0.3 is 4.42 Å². The summed E-state index contributed by atoms with van der Waals surface area (Å²) >= 11 is 9.10. The highest BCUT2D eigenvalue weighted by Gasteiger charge is 2.21. The van der Waals surface area contributed by atoms with Gasteiger partial charge in [0.05, 0.1) is 23.0 Å². The molecule has 0 fully saturated rings. The van der Waals surface area contributed by atoms with Gasteiger partial charge in [0.25, 0.3) is 0 Å². The van der Waals surface area contributed by atoms with Crippen molar-refractivity contribution in [3.05, 3.63) is 39.5 Å². The molecule has 0 amide bonds. The number of hydrogen-bond donors (Lipinski definition) is 0. The van der Waals surface area contributed by atoms with Gasteiger partial charge in [-0.05, 0) is 28.9 Å². The van der Waals surface area contributed by atoms with Gasteiger partial charge in [-0.1, -0.05) is 11.6 Å². The van der Waals surface area contributed by atoms with Crippen LogP contribution in [0.15, 0.2) is 27.6 Å². The van der Waals surface area contributed by atoms with E-state index in [-0.39, 0.29) is 5.78 Å². The van der Waals surface area contributed by atoms with E-state index in [1.165, 1.54) is 12.5 Å². The van der Waals surface area contributed by atoms with Crippen molar-refractivity contribution in [2.45, 2.75) is 13.5 Å². The number of furan rings is 1. The molecule has 0 N–H and O–H groups in total. The zero-order chi connectivity index (χ0) is 11.7. The minimum atomic E-state index is -0.204. The van der Waals surface area contributed by atoms with Crippen molar-refractivity contribution < 1.29 is 9.21 Å². The van der Waals surface area contributed by atoms with Gasteiger partial charge in [-0.3, -0.25) is 9.48 Å². The summed E-state index contributed by atoms with van der Waals surface area (Å²) < 4.78 is 6.98. The fourth-order valence-electron chi connectivity index (χ4n) is 1.41. The van der Waals surface area contributed by atoms with Crippen molar-refractivity contribution in [2.24, 2.45) is 0 Å². The molecule has 2 aromatic heterocycles. The third-order valence-electron chi connectivity index (χ3n) is 2.17. The minimum absolute atomic E-state index is 0.204. The van der Waals surface area contributed by atoms with Gasteiger partial charge in [-0.15, -0.1) is 0 Å². The van der Waals surface area contributed by atoms with Crippen LogP contribution in [0.3, 0.4) is 0 Å². The zero-order valence-electron chi connectivity index (χ0n) is 8.41. The van der Waals surface area contributed by atoms with E-state index in [0.717, 1.165) is 0 Å². The molecule has 84 valence electrons. The summed E-state index contributed by atoms with van der Waals surface area (Å²) in [5, 5.41) is 4.36. The van der Waals surface area contributed by atoms with E-state index in [0.29, 0.717) is 27.5 Å². The first-order valence-electron chi connectivity index (χ1n) is 4.64. The smallest absolute Gasteiger partial charge is 0.216 e. The van der Waals surface area contributed by atoms with Gasteiger partial charge in [-0.25, -0.2) is 0 Å². The van der Waals surface area contributed by atoms with Crippen LogP contribution in [0, 0.1) is 0 Å². The zero-order valence-corrected chi connectivity index (χ0v) is 10.7. The number of rotatable bonds is 3. The molecule has 4 nitrogen and oxygen atoms in total. The van der Waals surface area contributed by atoms with Crippen molar-refractivity contribution in [1.82, 2.24) is 9.78 Å². The van der Waals surface area contributed by atoms with Crippen molar-refractivity contribution >= 4 is 33.3 Å². The Morgan fingerprint density at radius 3 is 3.00 bits per heavy atom. The molecule has 0 saturated carbocycles. The van der Waals surface area contributed by atoms with Crippen LogP contribution in [0.4, 0.5) is 0 Å². The van der Waals surface area contributed by atoms with Crippen LogP contribution < -0.4 is 0 Å². The first-order chi connectivity index (χ1) is 7.65. The van der Waals surface area contributed by atoms with Gasteiger partial charge in [0.15, 0.2) is 4.67 Å². The SMILES string of the molecule is CCn1ncc(Cl)c1C(=O)c1ccoc1Br. The summed E-state index contributed by atoms with van der Waals surface area (Å²) in [6.45, 7) is 2.48. The van der Waals surface area contributed by atoms with Gasteiger partial charge >= 0.3 is 0 Å². The number of hydrogen-bond acceptors (Lipinski definition) is 3. The minimum Gasteiger partial charge on any atom is -0.457 e. The second-order valence-corrected chi connectivity index (χ2v) is 4.22. The van der Waals surface area contributed by atoms with Crippen molar-refractivity contribution in [2.75, 3.05) is 0 Å². The lowest BCUT2D eigenvalue weighted by atomic mass is 10.1. The van der Waals surface area contributed by atoms with E-state index in [4.69, 9.17) is 16.0 Å². The summed E-state index contributed by atoms with van der Waals surface area (Å²) in [5.74, 6) is -0.204. The second kappa shape index (κ2) is 4.43. The summed E-state index contributed by atoms with van der Waals surface area (Å²) in [6, 6.07) is 1.59. The molecule has 0 aliphatic rings. The van der Waals surface area contributed by atoms with E-state index >= 15 is 0 Å². The number of aryl methyl sites for hydroxylation is 1. The molecule has 2 aromatic rings. The quantitative estimate of drug-likeness (QED) is 0.818. The average molecular weight is 304 g/mol. The number of carbonyl (C=O) groups excluding carboxylic acids is 1. The predicted molar refractivity (Wildman–Crippen MR) is 62.8 cm³/mol. The van der Waals surface area contributed by atoms with Gasteiger partial charge in [0.2, 0.25) is 5.78 Å². The maximum Gasteiger partial charge on any atom is 0.216 e. The monoisotopic (exact) mass is 302 g/mol. The van der Waals surface area contributed by atoms with E-state index < -0.39 is 0 Å². The molecule has 0 aromatic carbocycles. The van der Waals surface area contributed by atoms with Crippen LogP contribution in [0.25, 0.3) is 0 Å². The number of aromatic nitrogens is 2. The Labute approximate surface area is 105 Å². The molecule has 6 heteroatoms. The number of halogens is 2. The standard InChI is InChI=1S/C10H8BrClN2O2/c1-2-14-8(7(12)5-13-14)9(15)6-3-4-16-10(6)11/h3-5H,2H2,1H3. The van der Waals surface area contributed by atoms with Gasteiger partial charge in [0, 0.05) is 6.54 Å². The molecule has 0 radical (unpaired) electrons. The highest BCUT2D eigenvalue weighted by molar-refractivity contribution is 9.10. The summed E-state index contributed by atoms with van der Waals surface area (Å²) in [4.78, 5) is 12.2. The van der Waals surface area contributed by atoms with Crippen molar-refractivity contribution in [3.8, 4) is 0 Å². The Balaban J connectivity index is 2.49. The maximum atomic E-state index is 12.2. The molecule has 2 heterocycles. The molecule has 0 saturated heterocycles. The lowest BCUT2D eigenvalue weighted by molar-refractivity contribution is 0.102. The van der Waals surface area contributed by atoms with Crippen LogP contribution in [0.1, 0.15) is 23.0 Å². The number of ketones is 1. The Kier molecular flexibility index (Phi) is 3.16. The molecule has 0 unspecified atom stereocenters. The molecule has 16 heavy (non-hydrogen) atoms. The molecule has 0 aliphatic carbocycles. The van der Waals surface area contributed by atoms with Crippen LogP contribution in [-0.4, -0.2) is 15.6 Å². The van der Waals surface area contributed by atoms with E-state index in [1.807, 2.05) is 6.92 Å². The molecule has 0 bridgehead atoms. The Bertz CT molecular complexity index is 533. The molecule has 0 aliphatic heterocycles. The van der Waals surface area contributed by atoms with E-state index in [1.54, 1.807) is 10.7 Å². The average Bonchev–Trinajstić information content (AvgIpc) is 2.83. The first-order valence-corrected chi connectivity index (χ1v) is 5.81. The molecule has 2 rings (SSSR count). The second-order valence-electron chi connectivity index (χ2n) is 3.09. The van der Waals surface area contributed by atoms with Gasteiger partial charge in [-0.2, -0.15) is 5.10 Å². The number of nitrogens with zero attached hydrogens (tertiary/aromatic N) is 2. The maximum absolute atomic E-state index is 12.2. The third-order valence-corrected chi connectivity index (χ3v) is 3.06. The number of carbonyl (C=O) groups is 1. The Morgan fingerprint density at radius 2 is 2.44 bits per heavy atom. The molecule has 0 spiro atoms. The van der Waals surface area contributed by atoms with Crippen LogP contribution in [-0.2, 0) is 6.54 Å². The lowest BCUT2D eigenvalue weighted by Crippen LogP contribution is -2.10. The first kappa shape index (κ1) is 11.4. The highest BCUT2D eigenvalue weighted by atomic mass is 79.9. The van der Waals surface area contributed by atoms with Crippen molar-refractivity contribution in [1.29, 1.82) is 0 Å². The lowest BCUT2D eigenvalue weighted by Gasteiger charge is -2.03. The van der Waals surface area contributed by atoms with Crippen LogP contribution in [0.5, 0.6) is 0 Å². The van der Waals surface area contributed by atoms with E-state index in [9.17, 15) is 4.79 Å². The molecular formula is C10H8BrClN2O2. The van der Waals surface area contributed by atoms with Gasteiger partial charge in [0.1, 0.15) is 5.69 Å². The van der Waals surface area contributed by atoms with Crippen LogP contribution in [0.2, 0.25) is 5.02 Å². The fourth-order valence-corrected chi connectivity index (χ4v) is 2.06. The molecule has 0 atom stereocenters. The summed E-state index contributed by atoms with van der Waals surface area (Å²) in [6.07, 6.45) is 2.91. The third kappa shape index (κ3) is 1.81. The predicted octanol–water partition coefficient (Wildman–Crippen LogP) is 3.14. The summed E-state index contributed by atoms with van der Waals surface area (Å²) in [5.41, 5.74) is 0.823. The highest BCUT2D eigenvalue weighted by Crippen LogP contribution is 2.24. The summed E-state index contributed by atoms with van der Waals surface area (Å²) in [7, 11) is 0.